The zero-order valence-corrected chi connectivity index (χ0v) is 46.9. The zero-order chi connectivity index (χ0) is 54.9. The van der Waals surface area contributed by atoms with Crippen molar-refractivity contribution in [2.75, 3.05) is 23.8 Å². The summed E-state index contributed by atoms with van der Waals surface area (Å²) in [6.07, 6.45) is 0.378. The van der Waals surface area contributed by atoms with Crippen molar-refractivity contribution in [3.63, 3.8) is 0 Å². The average Bonchev–Trinajstić information content (AvgIpc) is 3.39. The predicted octanol–water partition coefficient (Wildman–Crippen LogP) is 12.8. The minimum absolute atomic E-state index is 0. The average molecular weight is 1150 g/mol. The molecule has 0 radical (unpaired) electrons. The van der Waals surface area contributed by atoms with Crippen LogP contribution in [-0.4, -0.2) is 93.8 Å². The van der Waals surface area contributed by atoms with Gasteiger partial charge in [-0.2, -0.15) is 13.5 Å². The molecule has 0 spiro atoms. The van der Waals surface area contributed by atoms with Crippen LogP contribution in [0.25, 0.3) is 21.5 Å². The van der Waals surface area contributed by atoms with Crippen LogP contribution in [0.3, 0.4) is 0 Å². The van der Waals surface area contributed by atoms with Crippen molar-refractivity contribution in [3.8, 4) is 23.0 Å². The Morgan fingerprint density at radius 2 is 1.00 bits per heavy atom. The first-order valence-electron chi connectivity index (χ1n) is 23.2. The molecule has 0 fully saturated rings. The second kappa shape index (κ2) is 26.1. The number of halogens is 2. The number of fused-ring (bicyclic) bond motifs is 2. The third-order valence-corrected chi connectivity index (χ3v) is 14.0. The number of rotatable bonds is 16. The number of aromatic hydroxyl groups is 1. The maximum absolute atomic E-state index is 13.4. The van der Waals surface area contributed by atoms with Gasteiger partial charge in [0.2, 0.25) is 0 Å². The predicted molar refractivity (Wildman–Crippen MR) is 294 cm³/mol. The molecule has 4 N–H and O–H groups in total. The smallest absolute Gasteiger partial charge is 0.870 e. The molecule has 8 aromatic carbocycles. The van der Waals surface area contributed by atoms with Crippen LogP contribution in [0.2, 0.25) is 10.0 Å². The number of phenols is 1. The molecule has 0 aromatic heterocycles. The molecule has 0 aliphatic carbocycles. The molecule has 0 bridgehead atoms. The molecule has 0 unspecified atom stereocenters. The summed E-state index contributed by atoms with van der Waals surface area (Å²) in [7, 11) is -9.65. The van der Waals surface area contributed by atoms with E-state index in [4.69, 9.17) is 32.7 Å². The van der Waals surface area contributed by atoms with Crippen LogP contribution in [0.4, 0.5) is 34.1 Å². The summed E-state index contributed by atoms with van der Waals surface area (Å²) < 4.78 is 81.0. The van der Waals surface area contributed by atoms with Gasteiger partial charge in [-0.3, -0.25) is 14.1 Å². The molecule has 0 aliphatic rings. The molecular formula is C54H46CaCl2N6O12S2. The van der Waals surface area contributed by atoms with E-state index in [2.05, 4.69) is 31.1 Å². The topological polar surface area (TPSA) is 281 Å². The Hall–Kier alpha value is -6.72. The summed E-state index contributed by atoms with van der Waals surface area (Å²) in [4.78, 5) is 25.1. The van der Waals surface area contributed by atoms with Gasteiger partial charge in [0.1, 0.15) is 43.6 Å². The van der Waals surface area contributed by atoms with E-state index in [-0.39, 0.29) is 106 Å². The summed E-state index contributed by atoms with van der Waals surface area (Å²) in [6, 6.07) is 35.5. The number of hydrogen-bond donors (Lipinski definition) is 4. The molecule has 23 heteroatoms. The summed E-state index contributed by atoms with van der Waals surface area (Å²) in [5.74, 6) is -1.13. The molecule has 0 aliphatic heterocycles. The first-order valence-corrected chi connectivity index (χ1v) is 26.8. The van der Waals surface area contributed by atoms with E-state index >= 15 is 0 Å². The fourth-order valence-electron chi connectivity index (χ4n) is 7.94. The van der Waals surface area contributed by atoms with Gasteiger partial charge in [0.05, 0.1) is 29.4 Å². The number of azo groups is 2. The van der Waals surface area contributed by atoms with Gasteiger partial charge >= 0.3 is 37.7 Å². The van der Waals surface area contributed by atoms with E-state index in [0.717, 1.165) is 0 Å². The number of anilines is 2. The monoisotopic (exact) mass is 1140 g/mol. The Labute approximate surface area is 483 Å². The number of carbonyl (C=O) groups is 2. The Bertz CT molecular complexity index is 3560. The van der Waals surface area contributed by atoms with Crippen LogP contribution >= 0.6 is 23.2 Å². The van der Waals surface area contributed by atoms with Crippen LogP contribution in [0, 0.1) is 0 Å². The van der Waals surface area contributed by atoms with Crippen LogP contribution < -0.4 is 25.2 Å². The molecule has 8 aromatic rings. The summed E-state index contributed by atoms with van der Waals surface area (Å²) in [5, 5.41) is 48.3. The summed E-state index contributed by atoms with van der Waals surface area (Å²) in [6.45, 7) is 8.06. The summed E-state index contributed by atoms with van der Waals surface area (Å²) >= 11 is 12.2. The molecule has 18 nitrogen and oxygen atoms in total. The Kier molecular flexibility index (Phi) is 20.2. The van der Waals surface area contributed by atoms with Crippen molar-refractivity contribution < 1.29 is 55.2 Å². The third kappa shape index (κ3) is 14.1. The van der Waals surface area contributed by atoms with Crippen molar-refractivity contribution in [1.29, 1.82) is 0 Å². The fraction of sp³-hybridized carbons (Fsp3) is 0.148. The van der Waals surface area contributed by atoms with Crippen molar-refractivity contribution in [2.24, 2.45) is 20.5 Å². The molecule has 2 amide bonds. The molecule has 0 atom stereocenters. The molecule has 392 valence electrons. The number of hydrogen-bond acceptors (Lipinski definition) is 15. The van der Waals surface area contributed by atoms with E-state index < -0.39 is 53.3 Å². The Morgan fingerprint density at radius 1 is 0.584 bits per heavy atom. The van der Waals surface area contributed by atoms with E-state index in [9.17, 15) is 45.7 Å². The van der Waals surface area contributed by atoms with Crippen LogP contribution in [0.1, 0.15) is 59.5 Å². The first-order chi connectivity index (χ1) is 36.3. The van der Waals surface area contributed by atoms with Gasteiger partial charge in [0.25, 0.3) is 21.9 Å². The molecule has 0 saturated heterocycles. The largest absolute Gasteiger partial charge is 2.00 e. The molecule has 0 saturated carbocycles. The number of nitrogens with zero attached hydrogens (tertiary/aromatic N) is 4. The number of amides is 2. The molecule has 77 heavy (non-hydrogen) atoms. The number of phenolic OH excluding ortho intramolecular Hbond substituents is 1. The molecular weight excluding hydrogens is 1100 g/mol. The number of nitrogens with one attached hydrogen (secondary N) is 2. The van der Waals surface area contributed by atoms with E-state index in [1.165, 1.54) is 36.4 Å². The van der Waals surface area contributed by atoms with Gasteiger partial charge in [-0.1, -0.05) is 91.3 Å². The Morgan fingerprint density at radius 3 is 1.45 bits per heavy atom. The van der Waals surface area contributed by atoms with Crippen molar-refractivity contribution in [2.45, 2.75) is 50.3 Å². The molecule has 8 rings (SSSR count). The molecule has 0 heterocycles. The zero-order valence-electron chi connectivity index (χ0n) is 41.6. The number of benzene rings is 8. The Balaban J connectivity index is 0.000000246. The minimum atomic E-state index is -4.96. The van der Waals surface area contributed by atoms with Crippen molar-refractivity contribution in [1.82, 2.24) is 0 Å². The van der Waals surface area contributed by atoms with Crippen LogP contribution in [0.5, 0.6) is 23.0 Å². The first kappa shape index (κ1) is 59.5. The van der Waals surface area contributed by atoms with Gasteiger partial charge in [-0.25, -0.2) is 8.42 Å². The third-order valence-electron chi connectivity index (χ3n) is 11.4. The standard InChI is InChI=1S/2C27H24ClN3O6S.Ca/c2*1-3-19-22(28)13-14-23(26(19)38(34,35)36)30-31-24-20-8-6-5-7-16(20)15-21(25(24)32)27(33)29-17-9-11-18(12-10-17)37-4-2;/h2*5-15,32H,3-4H2,1-2H3,(H,29,33)(H,34,35,36);/q;;+2/p-2. The van der Waals surface area contributed by atoms with Gasteiger partial charge in [0, 0.05) is 37.8 Å². The van der Waals surface area contributed by atoms with Gasteiger partial charge < -0.3 is 34.9 Å². The maximum Gasteiger partial charge on any atom is 2.00 e. The van der Waals surface area contributed by atoms with Crippen LogP contribution in [-0.2, 0) is 33.1 Å². The second-order valence-electron chi connectivity index (χ2n) is 16.3. The van der Waals surface area contributed by atoms with Gasteiger partial charge in [-0.05, 0) is 134 Å². The normalized spacial score (nSPS) is 11.5. The number of carbonyl (C=O) groups excluding carboxylic acids is 2. The van der Waals surface area contributed by atoms with Gasteiger partial charge in [-0.15, -0.1) is 15.3 Å². The fourth-order valence-corrected chi connectivity index (χ4v) is 10.5. The second-order valence-corrected chi connectivity index (χ2v) is 19.8. The van der Waals surface area contributed by atoms with Crippen molar-refractivity contribution >= 4 is 149 Å². The van der Waals surface area contributed by atoms with E-state index in [1.807, 2.05) is 13.8 Å². The van der Waals surface area contributed by atoms with E-state index in [0.29, 0.717) is 57.6 Å². The number of ether oxygens (including phenoxy) is 2. The summed E-state index contributed by atoms with van der Waals surface area (Å²) in [5.41, 5.74) is 0.331. The quantitative estimate of drug-likeness (QED) is 0.0399. The maximum atomic E-state index is 13.4. The van der Waals surface area contributed by atoms with Crippen molar-refractivity contribution in [3.05, 3.63) is 166 Å². The van der Waals surface area contributed by atoms with Crippen LogP contribution in [0.15, 0.2) is 164 Å². The van der Waals surface area contributed by atoms with Gasteiger partial charge in [0.15, 0.2) is 5.75 Å². The SMILES string of the molecule is CCOc1ccc(NC(=O)c2cc3ccccc3c(N=Nc3ccc(Cl)c(CC)c3S(=O)(=O)O)c2O)cc1.CCOc1ccc(NC(=O)c2cc3ccccc3c(N=Nc3ccc(Cl)c(CC)c3S(=O)(=O)[O-])c2[O-])cc1.[Ca+2]. The minimum Gasteiger partial charge on any atom is -0.870 e. The van der Waals surface area contributed by atoms with E-state index in [1.54, 1.807) is 111 Å².